The van der Waals surface area contributed by atoms with Crippen LogP contribution in [0.5, 0.6) is 0 Å². The zero-order valence-electron chi connectivity index (χ0n) is 29.9. The maximum atomic E-state index is 7.50. The minimum atomic E-state index is 0. The number of hydrogen-bond acceptors (Lipinski definition) is 9. The summed E-state index contributed by atoms with van der Waals surface area (Å²) in [4.78, 5) is 4.62. The molecule has 3 aliphatic rings. The number of ether oxygens (including phenoxy) is 6. The third kappa shape index (κ3) is 52.3. The van der Waals surface area contributed by atoms with Gasteiger partial charge in [0.05, 0.1) is 79.3 Å². The first-order valence-corrected chi connectivity index (χ1v) is 17.7. The molecule has 2 aromatic rings. The number of rotatable bonds is 0. The first-order valence-electron chi connectivity index (χ1n) is 15.0. The van der Waals surface area contributed by atoms with Gasteiger partial charge in [-0.2, -0.15) is 36.4 Å². The molecule has 3 radical (unpaired) electrons. The van der Waals surface area contributed by atoms with Crippen molar-refractivity contribution in [2.45, 2.75) is 13.8 Å². The van der Waals surface area contributed by atoms with E-state index in [4.69, 9.17) is 47.0 Å². The summed E-state index contributed by atoms with van der Waals surface area (Å²) in [6.07, 6.45) is 0. The molecule has 3 fully saturated rings. The smallest absolute Gasteiger partial charge is 0 e. The van der Waals surface area contributed by atoms with Crippen LogP contribution >= 0.6 is 10.4 Å². The van der Waals surface area contributed by atoms with Crippen LogP contribution < -0.4 is 29.6 Å². The van der Waals surface area contributed by atoms with Crippen molar-refractivity contribution in [3.63, 3.8) is 0 Å². The van der Waals surface area contributed by atoms with Crippen molar-refractivity contribution < 1.29 is 111 Å². The normalized spacial score (nSPS) is 17.8. The van der Waals surface area contributed by atoms with Gasteiger partial charge in [-0.1, -0.05) is 13.8 Å². The van der Waals surface area contributed by atoms with Crippen molar-refractivity contribution >= 4 is 25.6 Å². The molecule has 2 aromatic carbocycles. The second-order valence-corrected chi connectivity index (χ2v) is 9.28. The van der Waals surface area contributed by atoms with Crippen molar-refractivity contribution in [1.29, 1.82) is 0 Å². The van der Waals surface area contributed by atoms with E-state index in [0.717, 1.165) is 39.3 Å². The van der Waals surface area contributed by atoms with Crippen LogP contribution in [-0.4, -0.2) is 144 Å². The molecule has 0 atom stereocenters. The molecule has 0 unspecified atom stereocenters. The molecular weight excluding hydrogens is 836 g/mol. The van der Waals surface area contributed by atoms with Crippen LogP contribution in [0.1, 0.15) is 11.1 Å². The average molecular weight is 887 g/mol. The zero-order valence-corrected chi connectivity index (χ0v) is 37.0. The van der Waals surface area contributed by atoms with Crippen molar-refractivity contribution in [2.75, 3.05) is 119 Å². The van der Waals surface area contributed by atoms with Crippen LogP contribution in [-0.2, 0) is 81.2 Å². The quantitative estimate of drug-likeness (QED) is 0.207. The van der Waals surface area contributed by atoms with Gasteiger partial charge < -0.3 is 28.4 Å². The topological polar surface area (TPSA) is 141 Å². The summed E-state index contributed by atoms with van der Waals surface area (Å²) >= 11 is 1.90. The Bertz CT molecular complexity index is 813. The molecule has 12 nitrogen and oxygen atoms in total. The van der Waals surface area contributed by atoms with Gasteiger partial charge in [0.1, 0.15) is 0 Å². The SMILES string of the molecule is C1COCCN2CCOCCOCCN(CCO1)CCOCCOCC2.Cc1cc[cH-]c1.Cc1cc[cH-]c1.S=[As].[C-]#[O+].[C-]#[O+].[C-]#[O+].[C-]#[O+].[Mn].[Mn].[Na+]. The molecule has 0 amide bonds. The second-order valence-electron chi connectivity index (χ2n) is 9.28. The molecule has 0 aromatic heterocycles. The summed E-state index contributed by atoms with van der Waals surface area (Å²) < 4.78 is 64.2. The predicted molar refractivity (Wildman–Crippen MR) is 180 cm³/mol. The van der Waals surface area contributed by atoms with Gasteiger partial charge in [0.15, 0.2) is 0 Å². The molecule has 3 aliphatic heterocycles. The molecule has 2 bridgehead atoms. The van der Waals surface area contributed by atoms with Crippen LogP contribution in [0.25, 0.3) is 0 Å². The number of fused-ring (bicyclic) bond motifs is 21. The van der Waals surface area contributed by atoms with E-state index < -0.39 is 0 Å². The number of hydrogen-bond donors (Lipinski definition) is 0. The van der Waals surface area contributed by atoms with E-state index in [9.17, 15) is 0 Å². The monoisotopic (exact) mass is 886 g/mol. The van der Waals surface area contributed by atoms with Crippen LogP contribution in [0.3, 0.4) is 0 Å². The fourth-order valence-corrected chi connectivity index (χ4v) is 3.74. The van der Waals surface area contributed by atoms with Gasteiger partial charge in [0, 0.05) is 73.4 Å². The number of aryl methyl sites for hydroxylation is 2. The predicted octanol–water partition coefficient (Wildman–Crippen LogP) is 0.261. The Kier molecular flexibility index (Phi) is 80.4. The van der Waals surface area contributed by atoms with Crippen molar-refractivity contribution in [1.82, 2.24) is 9.80 Å². The van der Waals surface area contributed by atoms with Crippen LogP contribution in [0.4, 0.5) is 0 Å². The molecule has 3 saturated heterocycles. The Hall–Kier alpha value is 0.157. The summed E-state index contributed by atoms with van der Waals surface area (Å²) in [6.45, 7) is 35.3. The molecule has 17 heteroatoms. The van der Waals surface area contributed by atoms with E-state index in [0.29, 0.717) is 79.3 Å². The van der Waals surface area contributed by atoms with Gasteiger partial charge in [0.2, 0.25) is 0 Å². The van der Waals surface area contributed by atoms with E-state index in [1.807, 2.05) is 39.4 Å². The summed E-state index contributed by atoms with van der Waals surface area (Å²) in [5, 5.41) is 0. The van der Waals surface area contributed by atoms with Gasteiger partial charge in [-0.3, -0.25) is 9.80 Å². The molecule has 0 aliphatic carbocycles. The van der Waals surface area contributed by atoms with E-state index in [1.54, 1.807) is 0 Å². The Balaban J connectivity index is -0.000000127. The van der Waals surface area contributed by atoms with E-state index >= 15 is 0 Å². The summed E-state index contributed by atoms with van der Waals surface area (Å²) in [5.74, 6) is 0. The largest absolute Gasteiger partial charge is 1.00 e. The summed E-state index contributed by atoms with van der Waals surface area (Å²) in [5.41, 5.74) is 2.69. The third-order valence-electron chi connectivity index (χ3n) is 6.09. The Labute approximate surface area is 361 Å². The second kappa shape index (κ2) is 62.2. The Morgan fingerprint density at radius 1 is 0.490 bits per heavy atom. The fraction of sp³-hybridized carbons (Fsp3) is 0.588. The molecule has 51 heavy (non-hydrogen) atoms. The van der Waals surface area contributed by atoms with Crippen molar-refractivity contribution in [3.05, 3.63) is 86.3 Å². The van der Waals surface area contributed by atoms with Gasteiger partial charge in [-0.25, -0.2) is 23.3 Å². The molecule has 0 spiro atoms. The van der Waals surface area contributed by atoms with Gasteiger partial charge in [-0.15, -0.1) is 0 Å². The standard InChI is InChI=1S/C18H36N2O6.2C6H7.4CO.AsS.2Mn.Na/c1-7-21-13-14-24-10-4-20-5-11-25-17-15-22-8-2-19(1)3-9-23-16-18-26-12-6-20;2*1-6-4-2-3-5-6;5*1-2;;;/h1-18H2;2*2-5H,1H3;;;;;;;;/q;2*-1;;;;;;;;+1. The molecule has 3 heterocycles. The van der Waals surface area contributed by atoms with Crippen molar-refractivity contribution in [3.8, 4) is 0 Å². The van der Waals surface area contributed by atoms with E-state index in [1.165, 1.54) is 11.1 Å². The van der Waals surface area contributed by atoms with Gasteiger partial charge >= 0.3 is 100 Å². The molecule has 0 N–H and O–H groups in total. The minimum Gasteiger partial charge on any atom is 0 e. The van der Waals surface area contributed by atoms with Crippen molar-refractivity contribution in [2.24, 2.45) is 0 Å². The fourth-order valence-electron chi connectivity index (χ4n) is 3.74. The molecule has 283 valence electrons. The third-order valence-corrected chi connectivity index (χ3v) is 6.09. The van der Waals surface area contributed by atoms with Gasteiger partial charge in [0.25, 0.3) is 0 Å². The molecular formula is C34H50AsMn2N2NaO10S-. The number of nitrogens with zero attached hydrogens (tertiary/aromatic N) is 2. The Morgan fingerprint density at radius 3 is 0.804 bits per heavy atom. The van der Waals surface area contributed by atoms with E-state index in [-0.39, 0.29) is 63.7 Å². The first kappa shape index (κ1) is 66.0. The molecule has 0 saturated carbocycles. The maximum absolute atomic E-state index is 7.50. The van der Waals surface area contributed by atoms with E-state index in [2.05, 4.69) is 84.9 Å². The van der Waals surface area contributed by atoms with Crippen LogP contribution in [0.2, 0.25) is 0 Å². The Morgan fingerprint density at radius 2 is 0.686 bits per heavy atom. The summed E-state index contributed by atoms with van der Waals surface area (Å²) in [6, 6.07) is 16.5. The van der Waals surface area contributed by atoms with Gasteiger partial charge in [-0.05, 0) is 0 Å². The minimum absolute atomic E-state index is 0. The van der Waals surface area contributed by atoms with Crippen LogP contribution in [0, 0.1) is 40.4 Å². The average Bonchev–Trinajstić information content (AvgIpc) is 3.84. The summed E-state index contributed by atoms with van der Waals surface area (Å²) in [7, 11) is 4.02. The molecule has 5 rings (SSSR count). The zero-order chi connectivity index (χ0) is 36.9. The first-order chi connectivity index (χ1) is 23.7. The van der Waals surface area contributed by atoms with Crippen LogP contribution in [0.15, 0.2) is 48.5 Å². The maximum Gasteiger partial charge on any atom is 1.00 e.